The van der Waals surface area contributed by atoms with E-state index in [1.54, 1.807) is 18.2 Å². The van der Waals surface area contributed by atoms with Gasteiger partial charge in [-0.3, -0.25) is 4.79 Å². The zero-order valence-corrected chi connectivity index (χ0v) is 14.1. The molecule has 0 bridgehead atoms. The Morgan fingerprint density at radius 3 is 2.61 bits per heavy atom. The van der Waals surface area contributed by atoms with Crippen molar-refractivity contribution in [1.29, 1.82) is 5.26 Å². The Hall–Kier alpha value is -2.58. The molecular weight excluding hydrogens is 356 g/mol. The third-order valence-electron chi connectivity index (χ3n) is 3.12. The summed E-state index contributed by atoms with van der Waals surface area (Å²) >= 11 is 3.39. The number of allylic oxidation sites excluding steroid dienone is 1. The van der Waals surface area contributed by atoms with E-state index in [0.29, 0.717) is 16.9 Å². The van der Waals surface area contributed by atoms with Crippen LogP contribution in [0, 0.1) is 18.3 Å². The Morgan fingerprint density at radius 1 is 1.30 bits per heavy atom. The van der Waals surface area contributed by atoms with Crippen molar-refractivity contribution in [2.45, 2.75) is 6.92 Å². The fraction of sp³-hybridized carbons (Fsp3) is 0.111. The van der Waals surface area contributed by atoms with Crippen molar-refractivity contribution in [1.82, 2.24) is 0 Å². The van der Waals surface area contributed by atoms with E-state index in [1.165, 1.54) is 0 Å². The van der Waals surface area contributed by atoms with Gasteiger partial charge in [0.05, 0.1) is 11.6 Å². The van der Waals surface area contributed by atoms with E-state index in [1.807, 2.05) is 37.3 Å². The van der Waals surface area contributed by atoms with Gasteiger partial charge in [-0.25, -0.2) is 0 Å². The van der Waals surface area contributed by atoms with Crippen LogP contribution >= 0.6 is 15.9 Å². The van der Waals surface area contributed by atoms with Crippen LogP contribution in [0.4, 0.5) is 0 Å². The molecule has 0 saturated carbocycles. The second-order valence-electron chi connectivity index (χ2n) is 4.97. The quantitative estimate of drug-likeness (QED) is 0.643. The minimum atomic E-state index is -0.554. The maximum Gasteiger partial charge on any atom is 0.255 e. The molecule has 0 atom stereocenters. The first kappa shape index (κ1) is 16.8. The molecule has 1 amide bonds. The number of hydrogen-bond acceptors (Lipinski definition) is 3. The molecule has 5 heteroatoms. The zero-order valence-electron chi connectivity index (χ0n) is 12.5. The van der Waals surface area contributed by atoms with Crippen LogP contribution in [-0.2, 0) is 4.79 Å². The average molecular weight is 371 g/mol. The molecule has 2 aromatic carbocycles. The predicted molar refractivity (Wildman–Crippen MR) is 93.5 cm³/mol. The maximum atomic E-state index is 10.9. The molecule has 4 nitrogen and oxygen atoms in total. The number of carbonyl (C=O) groups excluding carboxylic acids is 1. The van der Waals surface area contributed by atoms with Gasteiger partial charge in [0.1, 0.15) is 5.75 Å². The SMILES string of the molecule is Cc1ccc(/C(C#N)=C/c2cc(Br)ccc2OCC(N)=O)cc1. The van der Waals surface area contributed by atoms with Gasteiger partial charge < -0.3 is 10.5 Å². The van der Waals surface area contributed by atoms with Crippen LogP contribution in [-0.4, -0.2) is 12.5 Å². The first-order valence-electron chi connectivity index (χ1n) is 6.89. The number of rotatable bonds is 5. The van der Waals surface area contributed by atoms with Crippen molar-refractivity contribution in [3.8, 4) is 11.8 Å². The molecule has 0 radical (unpaired) electrons. The predicted octanol–water partition coefficient (Wildman–Crippen LogP) is 3.69. The number of amides is 1. The summed E-state index contributed by atoms with van der Waals surface area (Å²) in [6.45, 7) is 1.78. The van der Waals surface area contributed by atoms with Crippen LogP contribution in [0.5, 0.6) is 5.75 Å². The maximum absolute atomic E-state index is 10.9. The van der Waals surface area contributed by atoms with E-state index in [4.69, 9.17) is 10.5 Å². The molecule has 0 unspecified atom stereocenters. The van der Waals surface area contributed by atoms with Crippen molar-refractivity contribution >= 4 is 33.5 Å². The third-order valence-corrected chi connectivity index (χ3v) is 3.62. The number of nitrogens with zero attached hydrogens (tertiary/aromatic N) is 1. The highest BCUT2D eigenvalue weighted by molar-refractivity contribution is 9.10. The lowest BCUT2D eigenvalue weighted by Gasteiger charge is -2.09. The molecule has 2 aromatic rings. The van der Waals surface area contributed by atoms with Crippen molar-refractivity contribution in [3.05, 3.63) is 63.6 Å². The second kappa shape index (κ2) is 7.61. The zero-order chi connectivity index (χ0) is 16.8. The molecule has 0 aliphatic heterocycles. The Kier molecular flexibility index (Phi) is 5.56. The summed E-state index contributed by atoms with van der Waals surface area (Å²) < 4.78 is 6.25. The van der Waals surface area contributed by atoms with Crippen molar-refractivity contribution in [2.75, 3.05) is 6.61 Å². The largest absolute Gasteiger partial charge is 0.483 e. The van der Waals surface area contributed by atoms with E-state index >= 15 is 0 Å². The summed E-state index contributed by atoms with van der Waals surface area (Å²) in [4.78, 5) is 10.9. The lowest BCUT2D eigenvalue weighted by molar-refractivity contribution is -0.119. The van der Waals surface area contributed by atoms with E-state index in [9.17, 15) is 10.1 Å². The fourth-order valence-corrected chi connectivity index (χ4v) is 2.36. The molecule has 0 aromatic heterocycles. The number of nitriles is 1. The number of hydrogen-bond donors (Lipinski definition) is 1. The van der Waals surface area contributed by atoms with Crippen molar-refractivity contribution in [3.63, 3.8) is 0 Å². The first-order chi connectivity index (χ1) is 11.0. The minimum Gasteiger partial charge on any atom is -0.483 e. The van der Waals surface area contributed by atoms with Gasteiger partial charge in [0.2, 0.25) is 0 Å². The lowest BCUT2D eigenvalue weighted by Crippen LogP contribution is -2.20. The van der Waals surface area contributed by atoms with Gasteiger partial charge in [0.25, 0.3) is 5.91 Å². The molecule has 0 fully saturated rings. The highest BCUT2D eigenvalue weighted by atomic mass is 79.9. The topological polar surface area (TPSA) is 76.1 Å². The van der Waals surface area contributed by atoms with Gasteiger partial charge in [-0.05, 0) is 36.8 Å². The molecule has 0 heterocycles. The van der Waals surface area contributed by atoms with Gasteiger partial charge in [-0.1, -0.05) is 45.8 Å². The number of ether oxygens (including phenoxy) is 1. The lowest BCUT2D eigenvalue weighted by atomic mass is 10.0. The van der Waals surface area contributed by atoms with Gasteiger partial charge in [-0.15, -0.1) is 0 Å². The van der Waals surface area contributed by atoms with E-state index in [-0.39, 0.29) is 6.61 Å². The number of benzene rings is 2. The number of primary amides is 1. The highest BCUT2D eigenvalue weighted by Crippen LogP contribution is 2.28. The third kappa shape index (κ3) is 4.70. The smallest absolute Gasteiger partial charge is 0.255 e. The van der Waals surface area contributed by atoms with Gasteiger partial charge in [0.15, 0.2) is 6.61 Å². The summed E-state index contributed by atoms with van der Waals surface area (Å²) in [5.74, 6) is -0.0613. The molecule has 2 rings (SSSR count). The summed E-state index contributed by atoms with van der Waals surface area (Å²) in [5.41, 5.74) is 8.25. The number of halogens is 1. The molecule has 2 N–H and O–H groups in total. The number of carbonyl (C=O) groups is 1. The van der Waals surface area contributed by atoms with Crippen LogP contribution in [0.1, 0.15) is 16.7 Å². The van der Waals surface area contributed by atoms with Crippen LogP contribution in [0.3, 0.4) is 0 Å². The van der Waals surface area contributed by atoms with Gasteiger partial charge in [-0.2, -0.15) is 5.26 Å². The Bertz CT molecular complexity index is 790. The summed E-state index contributed by atoms with van der Waals surface area (Å²) in [6.07, 6.45) is 1.73. The van der Waals surface area contributed by atoms with E-state index in [2.05, 4.69) is 22.0 Å². The summed E-state index contributed by atoms with van der Waals surface area (Å²) in [5, 5.41) is 9.44. The highest BCUT2D eigenvalue weighted by Gasteiger charge is 2.07. The summed E-state index contributed by atoms with van der Waals surface area (Å²) in [7, 11) is 0. The Morgan fingerprint density at radius 2 is 2.00 bits per heavy atom. The van der Waals surface area contributed by atoms with Gasteiger partial charge >= 0.3 is 0 Å². The molecule has 23 heavy (non-hydrogen) atoms. The van der Waals surface area contributed by atoms with Crippen LogP contribution in [0.15, 0.2) is 46.9 Å². The fourth-order valence-electron chi connectivity index (χ4n) is 1.98. The minimum absolute atomic E-state index is 0.213. The second-order valence-corrected chi connectivity index (χ2v) is 5.89. The Labute approximate surface area is 143 Å². The van der Waals surface area contributed by atoms with E-state index in [0.717, 1.165) is 15.6 Å². The molecule has 116 valence electrons. The normalized spacial score (nSPS) is 10.9. The average Bonchev–Trinajstić information content (AvgIpc) is 2.52. The van der Waals surface area contributed by atoms with E-state index < -0.39 is 5.91 Å². The van der Waals surface area contributed by atoms with Crippen LogP contribution in [0.2, 0.25) is 0 Å². The van der Waals surface area contributed by atoms with Crippen molar-refractivity contribution < 1.29 is 9.53 Å². The van der Waals surface area contributed by atoms with Crippen LogP contribution < -0.4 is 10.5 Å². The molecule has 0 saturated heterocycles. The standard InChI is InChI=1S/C18H15BrN2O2/c1-12-2-4-13(5-3-12)15(10-20)8-14-9-16(19)6-7-17(14)23-11-18(21)22/h2-9H,11H2,1H3,(H2,21,22)/b15-8+. The summed E-state index contributed by atoms with van der Waals surface area (Å²) in [6, 6.07) is 15.2. The van der Waals surface area contributed by atoms with Gasteiger partial charge in [0, 0.05) is 10.0 Å². The van der Waals surface area contributed by atoms with Crippen LogP contribution in [0.25, 0.3) is 11.6 Å². The molecular formula is C18H15BrN2O2. The first-order valence-corrected chi connectivity index (χ1v) is 7.68. The molecule has 0 aliphatic carbocycles. The number of aryl methyl sites for hydroxylation is 1. The Balaban J connectivity index is 2.42. The number of nitrogens with two attached hydrogens (primary N) is 1. The molecule has 0 spiro atoms. The van der Waals surface area contributed by atoms with Crippen molar-refractivity contribution in [2.24, 2.45) is 5.73 Å². The monoisotopic (exact) mass is 370 g/mol. The molecule has 0 aliphatic rings.